The Hall–Kier alpha value is -2.35. The number of thiazole rings is 1. The number of aryl methyl sites for hydroxylation is 3. The van der Waals surface area contributed by atoms with Crippen LogP contribution in [0.1, 0.15) is 23.2 Å². The van der Waals surface area contributed by atoms with Crippen molar-refractivity contribution in [1.82, 2.24) is 14.8 Å². The summed E-state index contributed by atoms with van der Waals surface area (Å²) in [5.74, 6) is 1.27. The van der Waals surface area contributed by atoms with Crippen LogP contribution in [0.15, 0.2) is 47.4 Å². The average Bonchev–Trinajstić information content (AvgIpc) is 3.26. The summed E-state index contributed by atoms with van der Waals surface area (Å²) in [4.78, 5) is 18.4. The van der Waals surface area contributed by atoms with E-state index in [4.69, 9.17) is 16.6 Å². The third-order valence-electron chi connectivity index (χ3n) is 4.51. The number of nitrogens with one attached hydrogen (secondary N) is 1. The molecule has 5 nitrogen and oxygen atoms in total. The molecule has 0 unspecified atom stereocenters. The van der Waals surface area contributed by atoms with Gasteiger partial charge in [-0.05, 0) is 62.2 Å². The number of nitrogens with zero attached hydrogens (tertiary/aromatic N) is 3. The topological polar surface area (TPSA) is 59.8 Å². The van der Waals surface area contributed by atoms with Crippen LogP contribution >= 0.6 is 34.7 Å². The number of fused-ring (bicyclic) bond motifs is 1. The molecule has 30 heavy (non-hydrogen) atoms. The van der Waals surface area contributed by atoms with Gasteiger partial charge in [0.1, 0.15) is 5.82 Å². The van der Waals surface area contributed by atoms with E-state index in [0.29, 0.717) is 23.0 Å². The zero-order valence-electron chi connectivity index (χ0n) is 16.9. The van der Waals surface area contributed by atoms with Gasteiger partial charge in [0.2, 0.25) is 11.0 Å². The third-order valence-corrected chi connectivity index (χ3v) is 6.75. The van der Waals surface area contributed by atoms with Crippen molar-refractivity contribution in [2.45, 2.75) is 32.1 Å². The summed E-state index contributed by atoms with van der Waals surface area (Å²) < 4.78 is 2.84. The number of carbonyl (C=O) groups excluding carboxylic acids is 1. The Kier molecular flexibility index (Phi) is 6.13. The molecule has 4 aromatic rings. The van der Waals surface area contributed by atoms with Crippen LogP contribution in [0.5, 0.6) is 0 Å². The number of aromatic nitrogens is 3. The van der Waals surface area contributed by atoms with Crippen molar-refractivity contribution in [1.29, 1.82) is 0 Å². The van der Waals surface area contributed by atoms with Gasteiger partial charge in [0, 0.05) is 28.2 Å². The molecule has 1 amide bonds. The first-order valence-electron chi connectivity index (χ1n) is 9.52. The maximum absolute atomic E-state index is 12.5. The van der Waals surface area contributed by atoms with Gasteiger partial charge >= 0.3 is 0 Å². The van der Waals surface area contributed by atoms with Crippen LogP contribution in [-0.4, -0.2) is 26.4 Å². The van der Waals surface area contributed by atoms with Crippen molar-refractivity contribution in [2.24, 2.45) is 0 Å². The first kappa shape index (κ1) is 20.9. The highest BCUT2D eigenvalue weighted by Gasteiger charge is 2.15. The molecule has 4 rings (SSSR count). The quantitative estimate of drug-likeness (QED) is 0.352. The van der Waals surface area contributed by atoms with Crippen LogP contribution in [0.2, 0.25) is 5.02 Å². The molecule has 0 saturated heterocycles. The van der Waals surface area contributed by atoms with Gasteiger partial charge in [-0.1, -0.05) is 29.0 Å². The fraction of sp³-hybridized carbons (Fsp3) is 0.227. The Labute approximate surface area is 188 Å². The summed E-state index contributed by atoms with van der Waals surface area (Å²) in [5.41, 5.74) is 4.15. The SMILES string of the molecule is Cc1cc(C)c2nc(-n3nc(C)cc3NC(=O)CCSc3ccc(Cl)cc3)sc2c1. The van der Waals surface area contributed by atoms with Crippen LogP contribution in [0, 0.1) is 20.8 Å². The molecule has 0 spiro atoms. The van der Waals surface area contributed by atoms with E-state index in [0.717, 1.165) is 31.5 Å². The summed E-state index contributed by atoms with van der Waals surface area (Å²) in [6.45, 7) is 6.05. The molecular formula is C22H21ClN4OS2. The molecule has 0 saturated carbocycles. The Morgan fingerprint density at radius 2 is 1.93 bits per heavy atom. The molecule has 0 aliphatic heterocycles. The highest BCUT2D eigenvalue weighted by atomic mass is 35.5. The molecule has 1 N–H and O–H groups in total. The predicted octanol–water partition coefficient (Wildman–Crippen LogP) is 6.18. The number of hydrogen-bond acceptors (Lipinski definition) is 5. The number of hydrogen-bond donors (Lipinski definition) is 1. The molecule has 0 aliphatic rings. The lowest BCUT2D eigenvalue weighted by Crippen LogP contribution is -2.15. The number of amides is 1. The first-order chi connectivity index (χ1) is 14.4. The molecule has 0 radical (unpaired) electrons. The fourth-order valence-electron chi connectivity index (χ4n) is 3.18. The Morgan fingerprint density at radius 3 is 2.70 bits per heavy atom. The highest BCUT2D eigenvalue weighted by Crippen LogP contribution is 2.30. The summed E-state index contributed by atoms with van der Waals surface area (Å²) >= 11 is 9.11. The van der Waals surface area contributed by atoms with Gasteiger partial charge in [-0.2, -0.15) is 9.78 Å². The zero-order chi connectivity index (χ0) is 21.3. The largest absolute Gasteiger partial charge is 0.310 e. The number of rotatable bonds is 6. The minimum Gasteiger partial charge on any atom is -0.310 e. The third kappa shape index (κ3) is 4.69. The highest BCUT2D eigenvalue weighted by molar-refractivity contribution is 7.99. The second-order valence-corrected chi connectivity index (χ2v) is 9.72. The van der Waals surface area contributed by atoms with E-state index in [1.165, 1.54) is 5.56 Å². The molecule has 2 aromatic carbocycles. The summed E-state index contributed by atoms with van der Waals surface area (Å²) in [5, 5.41) is 9.00. The lowest BCUT2D eigenvalue weighted by Gasteiger charge is -2.06. The Balaban J connectivity index is 1.47. The van der Waals surface area contributed by atoms with Crippen molar-refractivity contribution in [3.8, 4) is 5.13 Å². The van der Waals surface area contributed by atoms with Gasteiger partial charge in [0.15, 0.2) is 0 Å². The van der Waals surface area contributed by atoms with Gasteiger partial charge in [-0.15, -0.1) is 11.8 Å². The minimum absolute atomic E-state index is 0.0502. The van der Waals surface area contributed by atoms with Crippen molar-refractivity contribution in [2.75, 3.05) is 11.1 Å². The van der Waals surface area contributed by atoms with E-state index >= 15 is 0 Å². The van der Waals surface area contributed by atoms with Crippen molar-refractivity contribution in [3.05, 3.63) is 64.3 Å². The van der Waals surface area contributed by atoms with E-state index in [9.17, 15) is 4.79 Å². The summed E-state index contributed by atoms with van der Waals surface area (Å²) in [6, 6.07) is 13.8. The van der Waals surface area contributed by atoms with Crippen LogP contribution in [0.3, 0.4) is 0 Å². The van der Waals surface area contributed by atoms with Crippen LogP contribution in [0.25, 0.3) is 15.3 Å². The van der Waals surface area contributed by atoms with E-state index < -0.39 is 0 Å². The van der Waals surface area contributed by atoms with Crippen LogP contribution in [-0.2, 0) is 4.79 Å². The molecule has 0 fully saturated rings. The van der Waals surface area contributed by atoms with Gasteiger partial charge in [-0.3, -0.25) is 4.79 Å². The monoisotopic (exact) mass is 456 g/mol. The molecule has 0 atom stereocenters. The molecular weight excluding hydrogens is 436 g/mol. The van der Waals surface area contributed by atoms with Crippen LogP contribution in [0.4, 0.5) is 5.82 Å². The van der Waals surface area contributed by atoms with E-state index in [1.807, 2.05) is 37.3 Å². The van der Waals surface area contributed by atoms with Gasteiger partial charge in [0.05, 0.1) is 15.9 Å². The second-order valence-electron chi connectivity index (χ2n) is 7.11. The maximum atomic E-state index is 12.5. The molecule has 0 aliphatic carbocycles. The number of anilines is 1. The Bertz CT molecular complexity index is 1210. The number of carbonyl (C=O) groups is 1. The standard InChI is InChI=1S/C22H21ClN4OS2/c1-13-10-14(2)21-18(11-13)30-22(25-21)27-19(12-15(3)26-27)24-20(28)8-9-29-17-6-4-16(23)5-7-17/h4-7,10-12H,8-9H2,1-3H3,(H,24,28). The summed E-state index contributed by atoms with van der Waals surface area (Å²) in [7, 11) is 0. The molecule has 2 aromatic heterocycles. The molecule has 8 heteroatoms. The lowest BCUT2D eigenvalue weighted by atomic mass is 10.1. The van der Waals surface area contributed by atoms with Crippen molar-refractivity contribution in [3.63, 3.8) is 0 Å². The number of thioether (sulfide) groups is 1. The molecule has 2 heterocycles. The van der Waals surface area contributed by atoms with Crippen LogP contribution < -0.4 is 5.32 Å². The van der Waals surface area contributed by atoms with Gasteiger partial charge < -0.3 is 5.32 Å². The first-order valence-corrected chi connectivity index (χ1v) is 11.7. The molecule has 0 bridgehead atoms. The number of benzene rings is 2. The fourth-order valence-corrected chi connectivity index (χ4v) is 5.27. The second kappa shape index (κ2) is 8.79. The van der Waals surface area contributed by atoms with E-state index in [1.54, 1.807) is 27.8 Å². The Morgan fingerprint density at radius 1 is 1.17 bits per heavy atom. The smallest absolute Gasteiger partial charge is 0.226 e. The number of halogens is 1. The predicted molar refractivity (Wildman–Crippen MR) is 126 cm³/mol. The van der Waals surface area contributed by atoms with E-state index in [2.05, 4.69) is 36.4 Å². The lowest BCUT2D eigenvalue weighted by molar-refractivity contribution is -0.115. The normalized spacial score (nSPS) is 11.2. The van der Waals surface area contributed by atoms with Gasteiger partial charge in [-0.25, -0.2) is 4.98 Å². The van der Waals surface area contributed by atoms with Crippen molar-refractivity contribution < 1.29 is 4.79 Å². The maximum Gasteiger partial charge on any atom is 0.226 e. The zero-order valence-corrected chi connectivity index (χ0v) is 19.3. The average molecular weight is 457 g/mol. The summed E-state index contributed by atoms with van der Waals surface area (Å²) in [6.07, 6.45) is 0.398. The van der Waals surface area contributed by atoms with E-state index in [-0.39, 0.29) is 5.91 Å². The minimum atomic E-state index is -0.0502. The molecule has 154 valence electrons. The van der Waals surface area contributed by atoms with Crippen molar-refractivity contribution >= 4 is 56.6 Å². The van der Waals surface area contributed by atoms with Gasteiger partial charge in [0.25, 0.3) is 0 Å².